The highest BCUT2D eigenvalue weighted by atomic mass is 32.2. The molecule has 1 N–H and O–H groups in total. The molecule has 0 saturated heterocycles. The lowest BCUT2D eigenvalue weighted by atomic mass is 10.2. The van der Waals surface area contributed by atoms with Gasteiger partial charge in [0.05, 0.1) is 30.9 Å². The summed E-state index contributed by atoms with van der Waals surface area (Å²) in [7, 11) is -3.81. The van der Waals surface area contributed by atoms with Crippen molar-refractivity contribution in [1.82, 2.24) is 9.62 Å². The van der Waals surface area contributed by atoms with Crippen LogP contribution in [0, 0.1) is 0 Å². The number of nitrogens with zero attached hydrogens (tertiary/aromatic N) is 1. The van der Waals surface area contributed by atoms with Crippen LogP contribution in [-0.2, 0) is 27.9 Å². The fourth-order valence-corrected chi connectivity index (χ4v) is 4.52. The maximum Gasteiger partial charge on any atom is 0.240 e. The van der Waals surface area contributed by atoms with Crippen molar-refractivity contribution in [2.24, 2.45) is 0 Å². The third-order valence-electron chi connectivity index (χ3n) is 5.16. The number of ether oxygens (including phenoxy) is 2. The highest BCUT2D eigenvalue weighted by Gasteiger charge is 2.21. The van der Waals surface area contributed by atoms with E-state index in [1.165, 1.54) is 12.1 Å². The predicted molar refractivity (Wildman–Crippen MR) is 121 cm³/mol. The van der Waals surface area contributed by atoms with Crippen molar-refractivity contribution < 1.29 is 27.1 Å². The lowest BCUT2D eigenvalue weighted by molar-refractivity contribution is -0.132. The number of hydrogen-bond acceptors (Lipinski definition) is 6. The molecule has 8 nitrogen and oxygen atoms in total. The smallest absolute Gasteiger partial charge is 0.240 e. The Morgan fingerprint density at radius 1 is 0.939 bits per heavy atom. The van der Waals surface area contributed by atoms with Gasteiger partial charge in [0.15, 0.2) is 11.5 Å². The van der Waals surface area contributed by atoms with Crippen LogP contribution in [-0.4, -0.2) is 39.0 Å². The summed E-state index contributed by atoms with van der Waals surface area (Å²) in [6.45, 7) is 1.66. The van der Waals surface area contributed by atoms with Gasteiger partial charge < -0.3 is 18.8 Å². The van der Waals surface area contributed by atoms with E-state index in [1.54, 1.807) is 29.4 Å². The van der Waals surface area contributed by atoms with E-state index < -0.39 is 10.0 Å². The zero-order chi connectivity index (χ0) is 23.1. The SMILES string of the molecule is O=C(CCNS(=O)(=O)c1ccc2c(c1)OCCCO2)N(Cc1ccccc1)Cc1ccco1. The molecule has 1 aromatic heterocycles. The molecular weight excluding hydrogens is 444 g/mol. The van der Waals surface area contributed by atoms with Gasteiger partial charge in [-0.25, -0.2) is 13.1 Å². The number of fused-ring (bicyclic) bond motifs is 1. The summed E-state index contributed by atoms with van der Waals surface area (Å²) in [4.78, 5) is 14.7. The first kappa shape index (κ1) is 22.9. The molecule has 1 aliphatic rings. The number of rotatable bonds is 9. The van der Waals surface area contributed by atoms with E-state index in [4.69, 9.17) is 13.9 Å². The highest BCUT2D eigenvalue weighted by Crippen LogP contribution is 2.31. The highest BCUT2D eigenvalue weighted by molar-refractivity contribution is 7.89. The fraction of sp³-hybridized carbons (Fsp3) is 0.292. The van der Waals surface area contributed by atoms with Crippen molar-refractivity contribution >= 4 is 15.9 Å². The molecule has 1 amide bonds. The number of sulfonamides is 1. The molecule has 1 aliphatic heterocycles. The van der Waals surface area contributed by atoms with Crippen molar-refractivity contribution in [3.63, 3.8) is 0 Å². The third kappa shape index (κ3) is 6.15. The summed E-state index contributed by atoms with van der Waals surface area (Å²) in [6, 6.07) is 17.7. The van der Waals surface area contributed by atoms with Gasteiger partial charge in [-0.15, -0.1) is 0 Å². The van der Waals surface area contributed by atoms with Crippen LogP contribution in [0.4, 0.5) is 0 Å². The van der Waals surface area contributed by atoms with E-state index in [-0.39, 0.29) is 23.8 Å². The molecule has 0 unspecified atom stereocenters. The van der Waals surface area contributed by atoms with Crippen LogP contribution in [0.2, 0.25) is 0 Å². The van der Waals surface area contributed by atoms with Gasteiger partial charge in [0.1, 0.15) is 5.76 Å². The van der Waals surface area contributed by atoms with Crippen molar-refractivity contribution in [2.75, 3.05) is 19.8 Å². The first-order valence-electron chi connectivity index (χ1n) is 10.7. The second-order valence-corrected chi connectivity index (χ2v) is 9.39. The van der Waals surface area contributed by atoms with Crippen LogP contribution < -0.4 is 14.2 Å². The summed E-state index contributed by atoms with van der Waals surface area (Å²) < 4.78 is 44.5. The predicted octanol–water partition coefficient (Wildman–Crippen LogP) is 3.34. The van der Waals surface area contributed by atoms with Crippen LogP contribution in [0.1, 0.15) is 24.2 Å². The molecule has 0 saturated carbocycles. The Morgan fingerprint density at radius 3 is 2.48 bits per heavy atom. The number of carbonyl (C=O) groups excluding carboxylic acids is 1. The molecule has 174 valence electrons. The molecule has 3 aromatic rings. The second-order valence-electron chi connectivity index (χ2n) is 7.62. The average Bonchev–Trinajstić information content (AvgIpc) is 3.21. The molecule has 0 radical (unpaired) electrons. The number of benzene rings is 2. The molecule has 0 fully saturated rings. The van der Waals surface area contributed by atoms with Gasteiger partial charge in [-0.2, -0.15) is 0 Å². The monoisotopic (exact) mass is 470 g/mol. The average molecular weight is 471 g/mol. The molecule has 0 bridgehead atoms. The number of carbonyl (C=O) groups is 1. The second kappa shape index (κ2) is 10.5. The van der Waals surface area contributed by atoms with Gasteiger partial charge in [0.25, 0.3) is 0 Å². The Hall–Kier alpha value is -3.30. The van der Waals surface area contributed by atoms with E-state index in [1.807, 2.05) is 30.3 Å². The van der Waals surface area contributed by atoms with Crippen molar-refractivity contribution in [3.05, 3.63) is 78.3 Å². The summed E-state index contributed by atoms with van der Waals surface area (Å²) in [6.07, 6.45) is 2.30. The van der Waals surface area contributed by atoms with Crippen LogP contribution in [0.5, 0.6) is 11.5 Å². The van der Waals surface area contributed by atoms with Crippen LogP contribution in [0.25, 0.3) is 0 Å². The Morgan fingerprint density at radius 2 is 1.73 bits per heavy atom. The Bertz CT molecular complexity index is 1160. The summed E-state index contributed by atoms with van der Waals surface area (Å²) >= 11 is 0. The minimum atomic E-state index is -3.81. The molecule has 4 rings (SSSR count). The number of furan rings is 1. The van der Waals surface area contributed by atoms with Gasteiger partial charge in [0, 0.05) is 32.0 Å². The van der Waals surface area contributed by atoms with E-state index in [0.29, 0.717) is 43.6 Å². The zero-order valence-corrected chi connectivity index (χ0v) is 18.9. The largest absolute Gasteiger partial charge is 0.490 e. The van der Waals surface area contributed by atoms with E-state index in [9.17, 15) is 13.2 Å². The Kier molecular flexibility index (Phi) is 7.31. The molecule has 2 aromatic carbocycles. The van der Waals surface area contributed by atoms with Gasteiger partial charge in [-0.1, -0.05) is 30.3 Å². The van der Waals surface area contributed by atoms with Crippen LogP contribution in [0.3, 0.4) is 0 Å². The first-order valence-corrected chi connectivity index (χ1v) is 12.2. The summed E-state index contributed by atoms with van der Waals surface area (Å²) in [5.74, 6) is 1.40. The minimum absolute atomic E-state index is 0.0112. The van der Waals surface area contributed by atoms with Gasteiger partial charge in [0.2, 0.25) is 15.9 Å². The molecule has 0 aliphatic carbocycles. The molecule has 0 spiro atoms. The number of amides is 1. The van der Waals surface area contributed by atoms with Crippen molar-refractivity contribution in [3.8, 4) is 11.5 Å². The van der Waals surface area contributed by atoms with Gasteiger partial charge >= 0.3 is 0 Å². The molecular formula is C24H26N2O6S. The third-order valence-corrected chi connectivity index (χ3v) is 6.61. The van der Waals surface area contributed by atoms with Gasteiger partial charge in [-0.05, 0) is 29.8 Å². The topological polar surface area (TPSA) is 98.1 Å². The molecule has 9 heteroatoms. The fourth-order valence-electron chi connectivity index (χ4n) is 3.47. The van der Waals surface area contributed by atoms with Crippen LogP contribution >= 0.6 is 0 Å². The lowest BCUT2D eigenvalue weighted by Crippen LogP contribution is -2.34. The summed E-state index contributed by atoms with van der Waals surface area (Å²) in [5, 5.41) is 0. The minimum Gasteiger partial charge on any atom is -0.490 e. The quantitative estimate of drug-likeness (QED) is 0.515. The molecule has 0 atom stereocenters. The Balaban J connectivity index is 1.39. The van der Waals surface area contributed by atoms with Crippen molar-refractivity contribution in [1.29, 1.82) is 0 Å². The molecule has 33 heavy (non-hydrogen) atoms. The van der Waals surface area contributed by atoms with Crippen LogP contribution in [0.15, 0.2) is 76.2 Å². The lowest BCUT2D eigenvalue weighted by Gasteiger charge is -2.22. The zero-order valence-electron chi connectivity index (χ0n) is 18.1. The van der Waals surface area contributed by atoms with E-state index in [0.717, 1.165) is 12.0 Å². The van der Waals surface area contributed by atoms with E-state index in [2.05, 4.69) is 4.72 Å². The molecule has 2 heterocycles. The van der Waals surface area contributed by atoms with E-state index >= 15 is 0 Å². The Labute approximate surface area is 193 Å². The first-order chi connectivity index (χ1) is 16.0. The van der Waals surface area contributed by atoms with Crippen molar-refractivity contribution in [2.45, 2.75) is 30.8 Å². The standard InChI is InChI=1S/C24H26N2O6S/c27-24(26(18-20-8-4-13-30-20)17-19-6-2-1-3-7-19)11-12-25-33(28,29)21-9-10-22-23(16-21)32-15-5-14-31-22/h1-4,6-10,13,16,25H,5,11-12,14-15,17-18H2. The summed E-state index contributed by atoms with van der Waals surface area (Å²) in [5.41, 5.74) is 0.977. The number of nitrogens with one attached hydrogen (secondary N) is 1. The maximum absolute atomic E-state index is 12.9. The normalized spacial score (nSPS) is 13.3. The van der Waals surface area contributed by atoms with Gasteiger partial charge in [-0.3, -0.25) is 4.79 Å². The maximum atomic E-state index is 12.9. The number of hydrogen-bond donors (Lipinski definition) is 1.